The third-order valence-electron chi connectivity index (χ3n) is 3.19. The number of aryl methyl sites for hydroxylation is 2. The molecule has 0 saturated heterocycles. The zero-order chi connectivity index (χ0) is 13.1. The van der Waals surface area contributed by atoms with Gasteiger partial charge in [-0.05, 0) is 39.2 Å². The van der Waals surface area contributed by atoms with Gasteiger partial charge in [0.1, 0.15) is 0 Å². The maximum Gasteiger partial charge on any atom is 0.309 e. The standard InChI is InChI=1S/C15H22O2/c1-5-6-15(4,14(16)17)10-13-8-11(2)7-12(3)9-13/h7-9H,5-6,10H2,1-4H3,(H,16,17). The Morgan fingerprint density at radius 1 is 1.24 bits per heavy atom. The van der Waals surface area contributed by atoms with Crippen molar-refractivity contribution in [2.75, 3.05) is 0 Å². The summed E-state index contributed by atoms with van der Waals surface area (Å²) >= 11 is 0. The van der Waals surface area contributed by atoms with E-state index in [4.69, 9.17) is 0 Å². The van der Waals surface area contributed by atoms with Gasteiger partial charge in [-0.2, -0.15) is 0 Å². The summed E-state index contributed by atoms with van der Waals surface area (Å²) in [5.74, 6) is -0.696. The predicted molar refractivity (Wildman–Crippen MR) is 70.3 cm³/mol. The first-order valence-corrected chi connectivity index (χ1v) is 6.18. The summed E-state index contributed by atoms with van der Waals surface area (Å²) in [5.41, 5.74) is 2.88. The number of rotatable bonds is 5. The minimum atomic E-state index is -0.696. The van der Waals surface area contributed by atoms with Crippen molar-refractivity contribution in [1.29, 1.82) is 0 Å². The molecule has 0 bridgehead atoms. The van der Waals surface area contributed by atoms with Crippen molar-refractivity contribution in [3.63, 3.8) is 0 Å². The Morgan fingerprint density at radius 2 is 1.76 bits per heavy atom. The Hall–Kier alpha value is -1.31. The first-order valence-electron chi connectivity index (χ1n) is 6.18. The summed E-state index contributed by atoms with van der Waals surface area (Å²) in [6, 6.07) is 6.29. The fraction of sp³-hybridized carbons (Fsp3) is 0.533. The highest BCUT2D eigenvalue weighted by Gasteiger charge is 2.32. The molecule has 2 nitrogen and oxygen atoms in total. The Morgan fingerprint density at radius 3 is 2.18 bits per heavy atom. The summed E-state index contributed by atoms with van der Waals surface area (Å²) in [6.07, 6.45) is 2.22. The van der Waals surface area contributed by atoms with Crippen molar-refractivity contribution in [1.82, 2.24) is 0 Å². The van der Waals surface area contributed by atoms with Crippen molar-refractivity contribution in [3.8, 4) is 0 Å². The maximum absolute atomic E-state index is 11.4. The number of carbonyl (C=O) groups is 1. The molecule has 0 radical (unpaired) electrons. The Balaban J connectivity index is 2.97. The minimum Gasteiger partial charge on any atom is -0.481 e. The zero-order valence-corrected chi connectivity index (χ0v) is 11.2. The van der Waals surface area contributed by atoms with Crippen LogP contribution in [-0.2, 0) is 11.2 Å². The average molecular weight is 234 g/mol. The molecule has 0 amide bonds. The van der Waals surface area contributed by atoms with Crippen LogP contribution in [-0.4, -0.2) is 11.1 Å². The zero-order valence-electron chi connectivity index (χ0n) is 11.2. The van der Waals surface area contributed by atoms with E-state index in [0.717, 1.165) is 18.4 Å². The van der Waals surface area contributed by atoms with Crippen LogP contribution >= 0.6 is 0 Å². The van der Waals surface area contributed by atoms with Crippen LogP contribution < -0.4 is 0 Å². The van der Waals surface area contributed by atoms with E-state index < -0.39 is 11.4 Å². The summed E-state index contributed by atoms with van der Waals surface area (Å²) in [5, 5.41) is 9.36. The van der Waals surface area contributed by atoms with E-state index in [-0.39, 0.29) is 0 Å². The molecule has 0 heterocycles. The molecule has 94 valence electrons. The van der Waals surface area contributed by atoms with E-state index in [1.165, 1.54) is 11.1 Å². The van der Waals surface area contributed by atoms with E-state index >= 15 is 0 Å². The molecule has 1 aromatic carbocycles. The lowest BCUT2D eigenvalue weighted by atomic mass is 9.79. The molecule has 1 aromatic rings. The minimum absolute atomic E-state index is 0.610. The van der Waals surface area contributed by atoms with Gasteiger partial charge in [-0.1, -0.05) is 42.7 Å². The third kappa shape index (κ3) is 3.58. The van der Waals surface area contributed by atoms with Crippen molar-refractivity contribution in [2.45, 2.75) is 47.0 Å². The van der Waals surface area contributed by atoms with Crippen LogP contribution in [0.2, 0.25) is 0 Å². The van der Waals surface area contributed by atoms with Crippen LogP contribution in [0.1, 0.15) is 43.4 Å². The smallest absolute Gasteiger partial charge is 0.309 e. The van der Waals surface area contributed by atoms with Crippen molar-refractivity contribution >= 4 is 5.97 Å². The predicted octanol–water partition coefficient (Wildman–Crippen LogP) is 3.74. The lowest BCUT2D eigenvalue weighted by Gasteiger charge is -2.24. The maximum atomic E-state index is 11.4. The van der Waals surface area contributed by atoms with Crippen LogP contribution in [0.4, 0.5) is 0 Å². The fourth-order valence-corrected chi connectivity index (χ4v) is 2.44. The second-order valence-corrected chi connectivity index (χ2v) is 5.29. The largest absolute Gasteiger partial charge is 0.481 e. The van der Waals surface area contributed by atoms with E-state index in [9.17, 15) is 9.90 Å². The van der Waals surface area contributed by atoms with Crippen LogP contribution in [0.5, 0.6) is 0 Å². The quantitative estimate of drug-likeness (QED) is 0.842. The lowest BCUT2D eigenvalue weighted by molar-refractivity contribution is -0.148. The first-order chi connectivity index (χ1) is 7.87. The van der Waals surface area contributed by atoms with Crippen molar-refractivity contribution in [3.05, 3.63) is 34.9 Å². The van der Waals surface area contributed by atoms with Crippen molar-refractivity contribution < 1.29 is 9.90 Å². The first kappa shape index (κ1) is 13.8. The van der Waals surface area contributed by atoms with Gasteiger partial charge in [0, 0.05) is 0 Å². The Labute approximate surface area is 104 Å². The van der Waals surface area contributed by atoms with Crippen molar-refractivity contribution in [2.24, 2.45) is 5.41 Å². The molecule has 0 aliphatic carbocycles. The molecule has 2 heteroatoms. The molecule has 1 N–H and O–H groups in total. The normalized spacial score (nSPS) is 14.4. The van der Waals surface area contributed by atoms with E-state index in [2.05, 4.69) is 32.0 Å². The number of carboxylic acid groups (broad SMARTS) is 1. The average Bonchev–Trinajstić information content (AvgIpc) is 2.15. The van der Waals surface area contributed by atoms with Crippen LogP contribution in [0.25, 0.3) is 0 Å². The Bertz CT molecular complexity index is 389. The summed E-state index contributed by atoms with van der Waals surface area (Å²) in [7, 11) is 0. The van der Waals surface area contributed by atoms with Gasteiger partial charge in [-0.15, -0.1) is 0 Å². The molecule has 0 spiro atoms. The molecule has 1 unspecified atom stereocenters. The summed E-state index contributed by atoms with van der Waals surface area (Å²) in [6.45, 7) is 7.97. The molecule has 0 fully saturated rings. The van der Waals surface area contributed by atoms with Gasteiger partial charge < -0.3 is 5.11 Å². The highest BCUT2D eigenvalue weighted by atomic mass is 16.4. The van der Waals surface area contributed by atoms with Gasteiger partial charge in [0.05, 0.1) is 5.41 Å². The highest BCUT2D eigenvalue weighted by Crippen LogP contribution is 2.29. The lowest BCUT2D eigenvalue weighted by Crippen LogP contribution is -2.29. The molecule has 0 saturated carbocycles. The van der Waals surface area contributed by atoms with Gasteiger partial charge in [0.2, 0.25) is 0 Å². The SMILES string of the molecule is CCCC(C)(Cc1cc(C)cc(C)c1)C(=O)O. The van der Waals surface area contributed by atoms with Gasteiger partial charge in [0.15, 0.2) is 0 Å². The molecule has 0 aromatic heterocycles. The number of hydrogen-bond acceptors (Lipinski definition) is 1. The van der Waals surface area contributed by atoms with Gasteiger partial charge in [0.25, 0.3) is 0 Å². The second kappa shape index (κ2) is 5.35. The number of hydrogen-bond donors (Lipinski definition) is 1. The van der Waals surface area contributed by atoms with Gasteiger partial charge in [-0.25, -0.2) is 0 Å². The molecular formula is C15H22O2. The molecular weight excluding hydrogens is 212 g/mol. The van der Waals surface area contributed by atoms with E-state index in [1.54, 1.807) is 0 Å². The van der Waals surface area contributed by atoms with Crippen LogP contribution in [0, 0.1) is 19.3 Å². The highest BCUT2D eigenvalue weighted by molar-refractivity contribution is 5.74. The molecule has 1 atom stereocenters. The number of carboxylic acids is 1. The third-order valence-corrected chi connectivity index (χ3v) is 3.19. The fourth-order valence-electron chi connectivity index (χ4n) is 2.44. The molecule has 0 aliphatic heterocycles. The van der Waals surface area contributed by atoms with Crippen LogP contribution in [0.3, 0.4) is 0 Å². The Kier molecular flexibility index (Phi) is 4.33. The van der Waals surface area contributed by atoms with Gasteiger partial charge >= 0.3 is 5.97 Å². The van der Waals surface area contributed by atoms with Crippen LogP contribution in [0.15, 0.2) is 18.2 Å². The van der Waals surface area contributed by atoms with Gasteiger partial charge in [-0.3, -0.25) is 4.79 Å². The second-order valence-electron chi connectivity index (χ2n) is 5.29. The summed E-state index contributed by atoms with van der Waals surface area (Å²) < 4.78 is 0. The molecule has 1 rings (SSSR count). The van der Waals surface area contributed by atoms with E-state index in [0.29, 0.717) is 6.42 Å². The topological polar surface area (TPSA) is 37.3 Å². The monoisotopic (exact) mass is 234 g/mol. The molecule has 0 aliphatic rings. The number of benzene rings is 1. The molecule has 17 heavy (non-hydrogen) atoms. The van der Waals surface area contributed by atoms with E-state index in [1.807, 2.05) is 13.8 Å². The number of aliphatic carboxylic acids is 1. The summed E-state index contributed by atoms with van der Waals surface area (Å²) in [4.78, 5) is 11.4.